The molecule has 2 heterocycles. The lowest BCUT2D eigenvalue weighted by atomic mass is 10.1. The molecule has 7 heteroatoms. The van der Waals surface area contributed by atoms with Crippen molar-refractivity contribution in [3.8, 4) is 0 Å². The molecule has 16 heavy (non-hydrogen) atoms. The molecule has 0 aliphatic heterocycles. The molecule has 84 valence electrons. The Morgan fingerprint density at radius 3 is 2.75 bits per heavy atom. The van der Waals surface area contributed by atoms with Gasteiger partial charge in [-0.05, 0) is 31.2 Å². The van der Waals surface area contributed by atoms with Gasteiger partial charge in [0.25, 0.3) is 0 Å². The van der Waals surface area contributed by atoms with Crippen LogP contribution in [0.15, 0.2) is 14.9 Å². The van der Waals surface area contributed by atoms with Crippen molar-refractivity contribution in [2.45, 2.75) is 29.8 Å². The minimum atomic E-state index is 0.462. The van der Waals surface area contributed by atoms with Crippen LogP contribution in [0, 0.1) is 13.8 Å². The molecule has 0 aliphatic rings. The Labute approximate surface area is 102 Å². The molecule has 0 amide bonds. The Hall–Kier alpha value is -1.05. The second-order valence-corrected chi connectivity index (χ2v) is 5.27. The second kappa shape index (κ2) is 4.86. The molecule has 0 saturated carbocycles. The summed E-state index contributed by atoms with van der Waals surface area (Å²) in [4.78, 5) is 0. The van der Waals surface area contributed by atoms with Crippen LogP contribution in [0.5, 0.6) is 0 Å². The van der Waals surface area contributed by atoms with E-state index in [-0.39, 0.29) is 0 Å². The Kier molecular flexibility index (Phi) is 3.47. The summed E-state index contributed by atoms with van der Waals surface area (Å²) in [5, 5.41) is 16.8. The lowest BCUT2D eigenvalue weighted by molar-refractivity contribution is 0.823. The van der Waals surface area contributed by atoms with Crippen LogP contribution in [0.3, 0.4) is 0 Å². The standard InChI is InChI=1S/C9H11N5S2/c1-5-6(2)12-13-8(7(5)3-10)16-9-14-11-4-15-9/h4H,3,10H2,1-2H3. The number of rotatable bonds is 3. The van der Waals surface area contributed by atoms with Gasteiger partial charge in [-0.1, -0.05) is 11.3 Å². The topological polar surface area (TPSA) is 77.6 Å². The van der Waals surface area contributed by atoms with E-state index in [4.69, 9.17) is 5.73 Å². The molecule has 2 aromatic heterocycles. The van der Waals surface area contributed by atoms with Gasteiger partial charge in [0.05, 0.1) is 5.69 Å². The van der Waals surface area contributed by atoms with Gasteiger partial charge in [-0.3, -0.25) is 0 Å². The third-order valence-electron chi connectivity index (χ3n) is 2.27. The third-order valence-corrected chi connectivity index (χ3v) is 4.07. The van der Waals surface area contributed by atoms with Gasteiger partial charge in [0.15, 0.2) is 4.34 Å². The molecule has 2 rings (SSSR count). The fourth-order valence-electron chi connectivity index (χ4n) is 1.25. The van der Waals surface area contributed by atoms with Crippen LogP contribution in [-0.4, -0.2) is 20.4 Å². The highest BCUT2D eigenvalue weighted by Gasteiger charge is 2.12. The van der Waals surface area contributed by atoms with E-state index in [1.807, 2.05) is 13.8 Å². The van der Waals surface area contributed by atoms with E-state index in [1.165, 1.54) is 23.1 Å². The molecule has 0 aliphatic carbocycles. The summed E-state index contributed by atoms with van der Waals surface area (Å²) < 4.78 is 0.854. The first-order valence-corrected chi connectivity index (χ1v) is 6.39. The van der Waals surface area contributed by atoms with Crippen LogP contribution in [0.1, 0.15) is 16.8 Å². The van der Waals surface area contributed by atoms with Crippen molar-refractivity contribution in [2.75, 3.05) is 0 Å². The molecule has 5 nitrogen and oxygen atoms in total. The summed E-state index contributed by atoms with van der Waals surface area (Å²) in [6.45, 7) is 4.40. The van der Waals surface area contributed by atoms with E-state index in [2.05, 4.69) is 20.4 Å². The number of aromatic nitrogens is 4. The summed E-state index contributed by atoms with van der Waals surface area (Å²) in [6.07, 6.45) is 0. The highest BCUT2D eigenvalue weighted by atomic mass is 32.2. The maximum Gasteiger partial charge on any atom is 0.180 e. The van der Waals surface area contributed by atoms with Gasteiger partial charge in [0, 0.05) is 12.1 Å². The minimum Gasteiger partial charge on any atom is -0.326 e. The van der Waals surface area contributed by atoms with E-state index in [0.29, 0.717) is 6.54 Å². The van der Waals surface area contributed by atoms with Crippen molar-refractivity contribution in [1.29, 1.82) is 0 Å². The fourth-order valence-corrected chi connectivity index (χ4v) is 2.78. The Bertz CT molecular complexity index is 483. The van der Waals surface area contributed by atoms with Crippen LogP contribution in [0.4, 0.5) is 0 Å². The maximum absolute atomic E-state index is 5.74. The van der Waals surface area contributed by atoms with Gasteiger partial charge in [-0.15, -0.1) is 15.3 Å². The summed E-state index contributed by atoms with van der Waals surface area (Å²) in [5.74, 6) is 0. The SMILES string of the molecule is Cc1nnc(Sc2nncs2)c(CN)c1C. The Balaban J connectivity index is 2.37. The number of nitrogens with zero attached hydrogens (tertiary/aromatic N) is 4. The molecule has 0 radical (unpaired) electrons. The van der Waals surface area contributed by atoms with Crippen molar-refractivity contribution >= 4 is 23.1 Å². The van der Waals surface area contributed by atoms with Gasteiger partial charge >= 0.3 is 0 Å². The van der Waals surface area contributed by atoms with Crippen LogP contribution < -0.4 is 5.73 Å². The van der Waals surface area contributed by atoms with Crippen molar-refractivity contribution in [3.05, 3.63) is 22.3 Å². The molecule has 0 atom stereocenters. The molecular formula is C9H11N5S2. The lowest BCUT2D eigenvalue weighted by Crippen LogP contribution is -2.06. The first-order valence-electron chi connectivity index (χ1n) is 4.69. The average Bonchev–Trinajstić information content (AvgIpc) is 2.77. The predicted octanol–water partition coefficient (Wildman–Crippen LogP) is 1.55. The first-order chi connectivity index (χ1) is 7.72. The van der Waals surface area contributed by atoms with Crippen LogP contribution in [0.25, 0.3) is 0 Å². The molecule has 0 saturated heterocycles. The van der Waals surface area contributed by atoms with Gasteiger partial charge in [-0.2, -0.15) is 5.10 Å². The molecular weight excluding hydrogens is 242 g/mol. The number of hydrogen-bond acceptors (Lipinski definition) is 7. The number of aryl methyl sites for hydroxylation is 1. The predicted molar refractivity (Wildman–Crippen MR) is 63.4 cm³/mol. The van der Waals surface area contributed by atoms with E-state index >= 15 is 0 Å². The number of hydrogen-bond donors (Lipinski definition) is 1. The smallest absolute Gasteiger partial charge is 0.180 e. The third kappa shape index (κ3) is 2.21. The van der Waals surface area contributed by atoms with Gasteiger partial charge < -0.3 is 5.73 Å². The van der Waals surface area contributed by atoms with Gasteiger partial charge in [0.1, 0.15) is 10.5 Å². The van der Waals surface area contributed by atoms with Crippen LogP contribution in [-0.2, 0) is 6.54 Å². The molecule has 0 aromatic carbocycles. The average molecular weight is 253 g/mol. The largest absolute Gasteiger partial charge is 0.326 e. The van der Waals surface area contributed by atoms with Crippen molar-refractivity contribution < 1.29 is 0 Å². The fraction of sp³-hybridized carbons (Fsp3) is 0.333. The minimum absolute atomic E-state index is 0.462. The zero-order chi connectivity index (χ0) is 11.5. The summed E-state index contributed by atoms with van der Waals surface area (Å²) in [7, 11) is 0. The summed E-state index contributed by atoms with van der Waals surface area (Å²) in [5.41, 5.74) is 10.5. The number of nitrogens with two attached hydrogens (primary N) is 1. The normalized spacial score (nSPS) is 10.7. The molecule has 0 spiro atoms. The summed E-state index contributed by atoms with van der Waals surface area (Å²) >= 11 is 2.94. The van der Waals surface area contributed by atoms with Crippen molar-refractivity contribution in [3.63, 3.8) is 0 Å². The molecule has 0 bridgehead atoms. The Morgan fingerprint density at radius 1 is 1.31 bits per heavy atom. The quantitative estimate of drug-likeness (QED) is 0.894. The van der Waals surface area contributed by atoms with Crippen molar-refractivity contribution in [2.24, 2.45) is 5.73 Å². The first kappa shape index (κ1) is 11.4. The lowest BCUT2D eigenvalue weighted by Gasteiger charge is -2.08. The molecule has 0 fully saturated rings. The van der Waals surface area contributed by atoms with E-state index in [9.17, 15) is 0 Å². The van der Waals surface area contributed by atoms with Crippen LogP contribution >= 0.6 is 23.1 Å². The zero-order valence-electron chi connectivity index (χ0n) is 8.97. The van der Waals surface area contributed by atoms with E-state index < -0.39 is 0 Å². The molecule has 0 unspecified atom stereocenters. The Morgan fingerprint density at radius 2 is 2.12 bits per heavy atom. The molecule has 2 aromatic rings. The maximum atomic E-state index is 5.74. The van der Waals surface area contributed by atoms with Gasteiger partial charge in [-0.25, -0.2) is 0 Å². The summed E-state index contributed by atoms with van der Waals surface area (Å²) in [6, 6.07) is 0. The van der Waals surface area contributed by atoms with E-state index in [1.54, 1.807) is 5.51 Å². The molecule has 2 N–H and O–H groups in total. The van der Waals surface area contributed by atoms with Crippen LogP contribution in [0.2, 0.25) is 0 Å². The highest BCUT2D eigenvalue weighted by Crippen LogP contribution is 2.30. The zero-order valence-corrected chi connectivity index (χ0v) is 10.6. The highest BCUT2D eigenvalue weighted by molar-refractivity contribution is 8.01. The van der Waals surface area contributed by atoms with Gasteiger partial charge in [0.2, 0.25) is 0 Å². The second-order valence-electron chi connectivity index (χ2n) is 3.20. The monoisotopic (exact) mass is 253 g/mol. The van der Waals surface area contributed by atoms with Crippen molar-refractivity contribution in [1.82, 2.24) is 20.4 Å². The van der Waals surface area contributed by atoms with E-state index in [0.717, 1.165) is 26.2 Å².